The Kier molecular flexibility index (Phi) is 10.9. The minimum atomic E-state index is -1.37. The van der Waals surface area contributed by atoms with E-state index in [1.54, 1.807) is 32.0 Å². The van der Waals surface area contributed by atoms with Gasteiger partial charge in [-0.2, -0.15) is 0 Å². The molecule has 150 valence electrons. The molecule has 0 aliphatic rings. The summed E-state index contributed by atoms with van der Waals surface area (Å²) >= 11 is 0. The maximum atomic E-state index is 12.3. The predicted octanol–water partition coefficient (Wildman–Crippen LogP) is -0.797. The number of hydrogen-bond acceptors (Lipinski definition) is 6. The molecule has 0 amide bonds. The van der Waals surface area contributed by atoms with Crippen LogP contribution in [0, 0.1) is 6.92 Å². The van der Waals surface area contributed by atoms with Gasteiger partial charge in [-0.05, 0) is 25.5 Å². The number of carbonyl (C=O) groups excluding carboxylic acids is 1. The minimum Gasteiger partial charge on any atom is -0.872 e. The molecule has 3 rings (SSSR count). The molecule has 0 fully saturated rings. The van der Waals surface area contributed by atoms with Crippen molar-refractivity contribution in [3.05, 3.63) is 69.6 Å². The fraction of sp³-hybridized carbons (Fsp3) is 0.105. The van der Waals surface area contributed by atoms with Gasteiger partial charge in [0.2, 0.25) is 0 Å². The van der Waals surface area contributed by atoms with Gasteiger partial charge in [0.05, 0.1) is 11.7 Å². The van der Waals surface area contributed by atoms with E-state index in [0.717, 1.165) is 0 Å². The van der Waals surface area contributed by atoms with E-state index in [1.165, 1.54) is 24.3 Å². The Morgan fingerprint density at radius 2 is 1.69 bits per heavy atom. The van der Waals surface area contributed by atoms with Gasteiger partial charge in [0.15, 0.2) is 0 Å². The summed E-state index contributed by atoms with van der Waals surface area (Å²) in [6.07, 6.45) is 0. The summed E-state index contributed by atoms with van der Waals surface area (Å²) in [5, 5.41) is 24.2. The van der Waals surface area contributed by atoms with Gasteiger partial charge in [0.1, 0.15) is 5.58 Å². The van der Waals surface area contributed by atoms with E-state index >= 15 is 0 Å². The number of nitrogens with zero attached hydrogens (tertiary/aromatic N) is 1. The van der Waals surface area contributed by atoms with Crippen molar-refractivity contribution in [3.63, 3.8) is 0 Å². The van der Waals surface area contributed by atoms with Crippen molar-refractivity contribution in [2.75, 3.05) is 0 Å². The van der Waals surface area contributed by atoms with E-state index < -0.39 is 11.6 Å². The molecule has 10 heteroatoms. The SMILES string of the molecule is CC(=Nc1ccccc1C(=O)[O-])c1c([O-])ccc2c(C)cc(=O)oc12.O.O.O.[Zn+2]. The van der Waals surface area contributed by atoms with Gasteiger partial charge in [-0.25, -0.2) is 4.79 Å². The summed E-state index contributed by atoms with van der Waals surface area (Å²) in [6.45, 7) is 3.30. The van der Waals surface area contributed by atoms with Gasteiger partial charge < -0.3 is 35.9 Å². The van der Waals surface area contributed by atoms with Crippen molar-refractivity contribution in [2.45, 2.75) is 13.8 Å². The number of fused-ring (bicyclic) bond motifs is 1. The van der Waals surface area contributed by atoms with Crippen LogP contribution in [0.25, 0.3) is 11.0 Å². The average molecular weight is 455 g/mol. The summed E-state index contributed by atoms with van der Waals surface area (Å²) in [6, 6.07) is 10.4. The molecule has 0 radical (unpaired) electrons. The van der Waals surface area contributed by atoms with E-state index in [0.29, 0.717) is 10.9 Å². The number of benzene rings is 2. The molecule has 2 aromatic carbocycles. The second-order valence-corrected chi connectivity index (χ2v) is 5.57. The van der Waals surface area contributed by atoms with Crippen LogP contribution in [-0.4, -0.2) is 28.1 Å². The van der Waals surface area contributed by atoms with Gasteiger partial charge in [-0.3, -0.25) is 4.99 Å². The monoisotopic (exact) mass is 453 g/mol. The largest absolute Gasteiger partial charge is 2.00 e. The first-order chi connectivity index (χ1) is 11.9. The smallest absolute Gasteiger partial charge is 0.872 e. The van der Waals surface area contributed by atoms with E-state index in [1.807, 2.05) is 0 Å². The molecule has 0 saturated carbocycles. The van der Waals surface area contributed by atoms with Crippen LogP contribution < -0.4 is 15.8 Å². The number of hydrogen-bond donors (Lipinski definition) is 0. The van der Waals surface area contributed by atoms with Crippen LogP contribution in [0.4, 0.5) is 5.69 Å². The summed E-state index contributed by atoms with van der Waals surface area (Å²) in [7, 11) is 0. The number of aromatic carboxylic acids is 1. The molecule has 1 aromatic heterocycles. The van der Waals surface area contributed by atoms with Gasteiger partial charge in [0.25, 0.3) is 0 Å². The zero-order chi connectivity index (χ0) is 18.1. The summed E-state index contributed by atoms with van der Waals surface area (Å²) in [5.74, 6) is -1.73. The molecule has 6 N–H and O–H groups in total. The number of rotatable bonds is 3. The van der Waals surface area contributed by atoms with Crippen molar-refractivity contribution >= 4 is 28.3 Å². The Labute approximate surface area is 178 Å². The molecular weight excluding hydrogens is 436 g/mol. The number of aryl methyl sites for hydroxylation is 1. The normalized spacial score (nSPS) is 10.1. The number of aliphatic imine (C=N–C) groups is 1. The Morgan fingerprint density at radius 3 is 2.31 bits per heavy atom. The number of carbonyl (C=O) groups is 1. The van der Waals surface area contributed by atoms with Crippen LogP contribution in [0.3, 0.4) is 0 Å². The van der Waals surface area contributed by atoms with E-state index in [2.05, 4.69) is 4.99 Å². The Hall–Kier alpha value is -2.91. The maximum absolute atomic E-state index is 12.3. The molecule has 0 bridgehead atoms. The zero-order valence-corrected chi connectivity index (χ0v) is 18.7. The molecule has 1 heterocycles. The summed E-state index contributed by atoms with van der Waals surface area (Å²) < 4.78 is 5.23. The van der Waals surface area contributed by atoms with Crippen LogP contribution in [0.1, 0.15) is 28.4 Å². The summed E-state index contributed by atoms with van der Waals surface area (Å²) in [4.78, 5) is 27.2. The Morgan fingerprint density at radius 1 is 1.07 bits per heavy atom. The molecule has 0 aliphatic carbocycles. The molecule has 29 heavy (non-hydrogen) atoms. The number of carboxylic acids is 1. The Balaban J connectivity index is 0. The first-order valence-electron chi connectivity index (χ1n) is 7.49. The topological polar surface area (TPSA) is 200 Å². The van der Waals surface area contributed by atoms with E-state index in [9.17, 15) is 19.8 Å². The molecule has 9 nitrogen and oxygen atoms in total. The van der Waals surface area contributed by atoms with Crippen LogP contribution in [0.15, 0.2) is 56.7 Å². The summed E-state index contributed by atoms with van der Waals surface area (Å²) in [5.41, 5.74) is 0.697. The molecule has 0 saturated heterocycles. The molecule has 0 unspecified atom stereocenters. The average Bonchev–Trinajstić information content (AvgIpc) is 2.54. The molecule has 0 aliphatic heterocycles. The third-order valence-corrected chi connectivity index (χ3v) is 3.86. The standard InChI is InChI=1S/C19H15NO5.3H2O.Zn/c1-10-9-16(22)25-18-12(10)7-8-15(21)17(18)11(2)20-14-6-4-3-5-13(14)19(23)24;;;;/h3-9,21H,1-2H3,(H,23,24);3*1H2;/q;;;;+2/p-2. The molecule has 3 aromatic rings. The van der Waals surface area contributed by atoms with Gasteiger partial charge >= 0.3 is 25.1 Å². The first kappa shape index (κ1) is 28.3. The van der Waals surface area contributed by atoms with Crippen LogP contribution in [0.2, 0.25) is 0 Å². The van der Waals surface area contributed by atoms with Gasteiger partial charge in [0, 0.05) is 28.3 Å². The third kappa shape index (κ3) is 5.55. The first-order valence-corrected chi connectivity index (χ1v) is 7.49. The van der Waals surface area contributed by atoms with Crippen molar-refractivity contribution in [2.24, 2.45) is 4.99 Å². The zero-order valence-electron chi connectivity index (χ0n) is 15.7. The quantitative estimate of drug-likeness (QED) is 0.282. The maximum Gasteiger partial charge on any atom is 2.00 e. The minimum absolute atomic E-state index is 0. The number of carboxylic acid groups (broad SMARTS) is 1. The van der Waals surface area contributed by atoms with Crippen LogP contribution >= 0.6 is 0 Å². The van der Waals surface area contributed by atoms with Gasteiger partial charge in [-0.1, -0.05) is 36.1 Å². The molecular formula is C19H19NO8Zn. The Bertz CT molecular complexity index is 1090. The second-order valence-electron chi connectivity index (χ2n) is 5.57. The van der Waals surface area contributed by atoms with Crippen molar-refractivity contribution in [1.82, 2.24) is 0 Å². The van der Waals surface area contributed by atoms with Crippen molar-refractivity contribution < 1.29 is 55.3 Å². The van der Waals surface area contributed by atoms with Crippen molar-refractivity contribution in [1.29, 1.82) is 0 Å². The predicted molar refractivity (Wildman–Crippen MR) is 100 cm³/mol. The second kappa shape index (κ2) is 11.2. The number of para-hydroxylation sites is 1. The third-order valence-electron chi connectivity index (χ3n) is 3.86. The van der Waals surface area contributed by atoms with Crippen molar-refractivity contribution in [3.8, 4) is 5.75 Å². The fourth-order valence-corrected chi connectivity index (χ4v) is 2.69. The van der Waals surface area contributed by atoms with E-state index in [-0.39, 0.29) is 69.8 Å². The molecule has 0 atom stereocenters. The van der Waals surface area contributed by atoms with Crippen LogP contribution in [-0.2, 0) is 19.5 Å². The fourth-order valence-electron chi connectivity index (χ4n) is 2.69. The van der Waals surface area contributed by atoms with Gasteiger partial charge in [-0.15, -0.1) is 0 Å². The van der Waals surface area contributed by atoms with Crippen LogP contribution in [0.5, 0.6) is 5.75 Å². The van der Waals surface area contributed by atoms with E-state index in [4.69, 9.17) is 4.42 Å². The molecule has 0 spiro atoms.